The van der Waals surface area contributed by atoms with Gasteiger partial charge in [-0.15, -0.1) is 0 Å². The Hall–Kier alpha value is -1.32. The molecular formula is C12H14BrNO6S. The lowest BCUT2D eigenvalue weighted by atomic mass is 10.3. The summed E-state index contributed by atoms with van der Waals surface area (Å²) in [5, 5.41) is 8.96. The van der Waals surface area contributed by atoms with Crippen LogP contribution in [0.15, 0.2) is 21.5 Å². The number of carbonyl (C=O) groups is 1. The summed E-state index contributed by atoms with van der Waals surface area (Å²) < 4.78 is 36.8. The number of hydrogen-bond acceptors (Lipinski definition) is 5. The minimum atomic E-state index is -3.98. The zero-order chi connectivity index (χ0) is 15.8. The maximum atomic E-state index is 12.5. The summed E-state index contributed by atoms with van der Waals surface area (Å²) in [4.78, 5) is 10.9. The zero-order valence-corrected chi connectivity index (χ0v) is 13.8. The number of rotatable bonds is 4. The number of aliphatic carboxylic acids is 1. The average Bonchev–Trinajstić information content (AvgIpc) is 2.44. The minimum Gasteiger partial charge on any atom is -0.486 e. The Labute approximate surface area is 130 Å². The van der Waals surface area contributed by atoms with Crippen molar-refractivity contribution < 1.29 is 27.8 Å². The number of carboxylic acid groups (broad SMARTS) is 1. The van der Waals surface area contributed by atoms with Crippen molar-refractivity contribution in [3.8, 4) is 11.5 Å². The number of hydrogen-bond donors (Lipinski definition) is 1. The molecule has 0 aromatic heterocycles. The molecule has 0 amide bonds. The highest BCUT2D eigenvalue weighted by atomic mass is 79.9. The van der Waals surface area contributed by atoms with E-state index in [2.05, 4.69) is 15.9 Å². The normalized spacial score (nSPS) is 15.8. The Kier molecular flexibility index (Phi) is 4.45. The Morgan fingerprint density at radius 2 is 1.86 bits per heavy atom. The van der Waals surface area contributed by atoms with Crippen molar-refractivity contribution in [3.63, 3.8) is 0 Å². The first-order valence-electron chi connectivity index (χ1n) is 6.05. The second-order valence-electron chi connectivity index (χ2n) is 4.46. The van der Waals surface area contributed by atoms with E-state index >= 15 is 0 Å². The van der Waals surface area contributed by atoms with Crippen LogP contribution in [0, 0.1) is 0 Å². The van der Waals surface area contributed by atoms with Crippen LogP contribution in [0.5, 0.6) is 11.5 Å². The lowest BCUT2D eigenvalue weighted by molar-refractivity contribution is -0.140. The molecule has 1 N–H and O–H groups in total. The molecular weight excluding hydrogens is 366 g/mol. The molecule has 0 spiro atoms. The summed E-state index contributed by atoms with van der Waals surface area (Å²) in [6, 6.07) is 1.65. The second-order valence-corrected chi connectivity index (χ2v) is 7.28. The van der Waals surface area contributed by atoms with Crippen LogP contribution in [0.4, 0.5) is 0 Å². The van der Waals surface area contributed by atoms with Gasteiger partial charge in [-0.1, -0.05) is 0 Å². The number of carboxylic acids is 1. The number of likely N-dealkylation sites (N-methyl/N-ethyl adjacent to an activating group) is 1. The van der Waals surface area contributed by atoms with Gasteiger partial charge in [0, 0.05) is 17.6 Å². The van der Waals surface area contributed by atoms with Gasteiger partial charge in [-0.25, -0.2) is 8.42 Å². The zero-order valence-electron chi connectivity index (χ0n) is 11.4. The quantitative estimate of drug-likeness (QED) is 0.847. The van der Waals surface area contributed by atoms with Crippen molar-refractivity contribution in [2.45, 2.75) is 17.9 Å². The van der Waals surface area contributed by atoms with E-state index in [1.54, 1.807) is 0 Å². The van der Waals surface area contributed by atoms with Crippen molar-refractivity contribution in [1.82, 2.24) is 4.31 Å². The molecule has 9 heteroatoms. The number of halogens is 1. The maximum absolute atomic E-state index is 12.5. The van der Waals surface area contributed by atoms with Crippen LogP contribution in [0.1, 0.15) is 6.92 Å². The maximum Gasteiger partial charge on any atom is 0.321 e. The molecule has 0 aliphatic carbocycles. The molecule has 1 unspecified atom stereocenters. The standard InChI is InChI=1S/C12H14BrNO6S/c1-7(12(15)16)14(2)21(17,18)11-6-10-9(5-8(11)13)19-3-4-20-10/h5-7H,3-4H2,1-2H3,(H,15,16). The van der Waals surface area contributed by atoms with Crippen molar-refractivity contribution >= 4 is 31.9 Å². The first kappa shape index (κ1) is 16.1. The summed E-state index contributed by atoms with van der Waals surface area (Å²) in [6.45, 7) is 2.02. The smallest absolute Gasteiger partial charge is 0.321 e. The lowest BCUT2D eigenvalue weighted by Crippen LogP contribution is -2.40. The van der Waals surface area contributed by atoms with Crippen LogP contribution in [-0.4, -0.2) is 50.1 Å². The molecule has 0 saturated heterocycles. The van der Waals surface area contributed by atoms with Gasteiger partial charge >= 0.3 is 5.97 Å². The van der Waals surface area contributed by atoms with Crippen LogP contribution < -0.4 is 9.47 Å². The summed E-state index contributed by atoms with van der Waals surface area (Å²) in [5.41, 5.74) is 0. The van der Waals surface area contributed by atoms with Gasteiger partial charge in [0.15, 0.2) is 11.5 Å². The van der Waals surface area contributed by atoms with E-state index in [1.807, 2.05) is 0 Å². The molecule has 21 heavy (non-hydrogen) atoms. The third-order valence-electron chi connectivity index (χ3n) is 3.16. The fourth-order valence-electron chi connectivity index (χ4n) is 1.76. The van der Waals surface area contributed by atoms with E-state index in [0.29, 0.717) is 24.7 Å². The summed E-state index contributed by atoms with van der Waals surface area (Å²) in [5.74, 6) is -0.463. The van der Waals surface area contributed by atoms with Crippen molar-refractivity contribution in [3.05, 3.63) is 16.6 Å². The number of fused-ring (bicyclic) bond motifs is 1. The molecule has 1 aliphatic rings. The highest BCUT2D eigenvalue weighted by Gasteiger charge is 2.32. The Balaban J connectivity index is 2.47. The van der Waals surface area contributed by atoms with E-state index in [-0.39, 0.29) is 9.37 Å². The van der Waals surface area contributed by atoms with Crippen molar-refractivity contribution in [1.29, 1.82) is 0 Å². The third kappa shape index (κ3) is 2.99. The van der Waals surface area contributed by atoms with Crippen LogP contribution >= 0.6 is 15.9 Å². The van der Waals surface area contributed by atoms with E-state index in [0.717, 1.165) is 4.31 Å². The SMILES string of the molecule is CC(C(=O)O)N(C)S(=O)(=O)c1cc2c(cc1Br)OCCO2. The second kappa shape index (κ2) is 5.82. The molecule has 0 radical (unpaired) electrons. The first-order chi connectivity index (χ1) is 9.75. The number of nitrogens with zero attached hydrogens (tertiary/aromatic N) is 1. The van der Waals surface area contributed by atoms with Gasteiger partial charge in [-0.2, -0.15) is 4.31 Å². The van der Waals surface area contributed by atoms with Crippen molar-refractivity contribution in [2.24, 2.45) is 0 Å². The minimum absolute atomic E-state index is 0.0673. The van der Waals surface area contributed by atoms with E-state index in [1.165, 1.54) is 26.1 Å². The predicted octanol–water partition coefficient (Wildman–Crippen LogP) is 1.31. The van der Waals surface area contributed by atoms with Gasteiger partial charge in [-0.05, 0) is 28.9 Å². The summed E-state index contributed by atoms with van der Waals surface area (Å²) in [6.07, 6.45) is 0. The van der Waals surface area contributed by atoms with Gasteiger partial charge < -0.3 is 14.6 Å². The monoisotopic (exact) mass is 379 g/mol. The Bertz CT molecular complexity index is 675. The molecule has 1 atom stereocenters. The van der Waals surface area contributed by atoms with E-state index < -0.39 is 22.0 Å². The summed E-state index contributed by atoms with van der Waals surface area (Å²) in [7, 11) is -2.76. The average molecular weight is 380 g/mol. The number of sulfonamides is 1. The van der Waals surface area contributed by atoms with Crippen LogP contribution in [-0.2, 0) is 14.8 Å². The molecule has 116 valence electrons. The lowest BCUT2D eigenvalue weighted by Gasteiger charge is -2.24. The van der Waals surface area contributed by atoms with E-state index in [9.17, 15) is 13.2 Å². The molecule has 1 aromatic rings. The van der Waals surface area contributed by atoms with Crippen LogP contribution in [0.2, 0.25) is 0 Å². The van der Waals surface area contributed by atoms with Gasteiger partial charge in [0.25, 0.3) is 0 Å². The highest BCUT2D eigenvalue weighted by Crippen LogP contribution is 2.38. The van der Waals surface area contributed by atoms with Crippen LogP contribution in [0.3, 0.4) is 0 Å². The Morgan fingerprint density at radius 1 is 1.33 bits per heavy atom. The van der Waals surface area contributed by atoms with Gasteiger partial charge in [0.2, 0.25) is 10.0 Å². The molecule has 0 bridgehead atoms. The number of benzene rings is 1. The molecule has 1 aliphatic heterocycles. The first-order valence-corrected chi connectivity index (χ1v) is 8.28. The van der Waals surface area contributed by atoms with Crippen LogP contribution in [0.25, 0.3) is 0 Å². The fraction of sp³-hybridized carbons (Fsp3) is 0.417. The fourth-order valence-corrected chi connectivity index (χ4v) is 4.08. The summed E-state index contributed by atoms with van der Waals surface area (Å²) >= 11 is 3.18. The highest BCUT2D eigenvalue weighted by molar-refractivity contribution is 9.10. The molecule has 1 aromatic carbocycles. The Morgan fingerprint density at radius 3 is 2.38 bits per heavy atom. The van der Waals surface area contributed by atoms with Crippen molar-refractivity contribution in [2.75, 3.05) is 20.3 Å². The molecule has 7 nitrogen and oxygen atoms in total. The molecule has 0 fully saturated rings. The predicted molar refractivity (Wildman–Crippen MR) is 77.2 cm³/mol. The largest absolute Gasteiger partial charge is 0.486 e. The van der Waals surface area contributed by atoms with Gasteiger partial charge in [-0.3, -0.25) is 4.79 Å². The van der Waals surface area contributed by atoms with E-state index in [4.69, 9.17) is 14.6 Å². The van der Waals surface area contributed by atoms with Gasteiger partial charge in [0.05, 0.1) is 0 Å². The topological polar surface area (TPSA) is 93.1 Å². The third-order valence-corrected chi connectivity index (χ3v) is 6.04. The molecule has 2 rings (SSSR count). The number of ether oxygens (including phenoxy) is 2. The van der Waals surface area contributed by atoms with Gasteiger partial charge in [0.1, 0.15) is 24.2 Å². The molecule has 1 heterocycles. The molecule has 0 saturated carbocycles.